The van der Waals surface area contributed by atoms with E-state index in [2.05, 4.69) is 62.8 Å². The maximum absolute atomic E-state index is 10.0. The van der Waals surface area contributed by atoms with Crippen LogP contribution >= 0.6 is 33.9 Å². The fourth-order valence-corrected chi connectivity index (χ4v) is 5.08. The molecule has 140 valence electrons. The number of hydrogen-bond acceptors (Lipinski definition) is 5. The molecule has 3 aromatic rings. The Kier molecular flexibility index (Phi) is 5.76. The minimum atomic E-state index is 0.193. The third-order valence-corrected chi connectivity index (χ3v) is 6.58. The monoisotopic (exact) mass is 499 g/mol. The molecule has 1 aromatic heterocycles. The van der Waals surface area contributed by atoms with Crippen molar-refractivity contribution in [2.45, 2.75) is 19.5 Å². The summed E-state index contributed by atoms with van der Waals surface area (Å²) in [5, 5.41) is 20.4. The Morgan fingerprint density at radius 1 is 1.25 bits per heavy atom. The molecule has 6 heteroatoms. The minimum absolute atomic E-state index is 0.193. The summed E-state index contributed by atoms with van der Waals surface area (Å²) in [6.45, 7) is 2.69. The average molecular weight is 499 g/mol. The fourth-order valence-electron chi connectivity index (χ4n) is 3.38. The van der Waals surface area contributed by atoms with Crippen molar-refractivity contribution < 1.29 is 5.11 Å². The summed E-state index contributed by atoms with van der Waals surface area (Å²) >= 11 is 3.79. The van der Waals surface area contributed by atoms with Gasteiger partial charge in [0.15, 0.2) is 0 Å². The van der Waals surface area contributed by atoms with Gasteiger partial charge in [-0.25, -0.2) is 4.99 Å². The summed E-state index contributed by atoms with van der Waals surface area (Å²) in [6.07, 6.45) is 2.52. The van der Waals surface area contributed by atoms with E-state index < -0.39 is 0 Å². The van der Waals surface area contributed by atoms with Crippen LogP contribution in [0.15, 0.2) is 53.5 Å². The highest BCUT2D eigenvalue weighted by Crippen LogP contribution is 2.38. The maximum Gasteiger partial charge on any atom is 0.134 e. The number of nitriles is 1. The number of halogens is 1. The quantitative estimate of drug-likeness (QED) is 0.395. The number of benzene rings is 2. The second-order valence-electron chi connectivity index (χ2n) is 6.70. The van der Waals surface area contributed by atoms with Crippen molar-refractivity contribution in [2.24, 2.45) is 4.99 Å². The molecule has 1 aliphatic heterocycles. The molecule has 1 N–H and O–H groups in total. The number of nitrogens with zero attached hydrogens (tertiary/aromatic N) is 3. The first kappa shape index (κ1) is 19.1. The van der Waals surface area contributed by atoms with Crippen molar-refractivity contribution in [2.75, 3.05) is 6.54 Å². The predicted octanol–water partition coefficient (Wildman–Crippen LogP) is 5.24. The van der Waals surface area contributed by atoms with Crippen molar-refractivity contribution >= 4 is 45.1 Å². The number of thiophene rings is 1. The van der Waals surface area contributed by atoms with Gasteiger partial charge in [-0.05, 0) is 58.3 Å². The SMILES string of the molecule is N#Cc1c(/N=C/c2cc(I)ccc2O)sc2c1CCN(Cc1ccccc1)C2. The second kappa shape index (κ2) is 8.43. The Morgan fingerprint density at radius 2 is 2.07 bits per heavy atom. The molecule has 4 nitrogen and oxygen atoms in total. The molecule has 2 heterocycles. The van der Waals surface area contributed by atoms with Gasteiger partial charge in [-0.2, -0.15) is 5.26 Å². The zero-order chi connectivity index (χ0) is 19.5. The lowest BCUT2D eigenvalue weighted by molar-refractivity contribution is 0.249. The van der Waals surface area contributed by atoms with E-state index in [1.165, 1.54) is 10.4 Å². The van der Waals surface area contributed by atoms with E-state index in [0.29, 0.717) is 11.1 Å². The van der Waals surface area contributed by atoms with E-state index >= 15 is 0 Å². The zero-order valence-corrected chi connectivity index (χ0v) is 18.1. The van der Waals surface area contributed by atoms with Crippen LogP contribution in [-0.4, -0.2) is 22.8 Å². The Morgan fingerprint density at radius 3 is 2.86 bits per heavy atom. The lowest BCUT2D eigenvalue weighted by Crippen LogP contribution is -2.29. The van der Waals surface area contributed by atoms with Gasteiger partial charge in [0.2, 0.25) is 0 Å². The zero-order valence-electron chi connectivity index (χ0n) is 15.1. The molecule has 0 spiro atoms. The molecule has 0 atom stereocenters. The van der Waals surface area contributed by atoms with E-state index in [1.807, 2.05) is 18.2 Å². The summed E-state index contributed by atoms with van der Waals surface area (Å²) < 4.78 is 1.03. The molecule has 0 fully saturated rings. The molecule has 1 aliphatic rings. The van der Waals surface area contributed by atoms with Crippen LogP contribution < -0.4 is 0 Å². The number of aromatic hydroxyl groups is 1. The fraction of sp³-hybridized carbons (Fsp3) is 0.182. The lowest BCUT2D eigenvalue weighted by Gasteiger charge is -2.26. The van der Waals surface area contributed by atoms with Crippen LogP contribution in [0.1, 0.15) is 27.1 Å². The van der Waals surface area contributed by atoms with Crippen LogP contribution in [-0.2, 0) is 19.5 Å². The standard InChI is InChI=1S/C22H18IN3OS/c23-17-6-7-20(27)16(10-17)12-25-22-19(11-24)18-8-9-26(14-21(18)28-22)13-15-4-2-1-3-5-15/h1-7,10,12,27H,8-9,13-14H2/b25-12+. The molecule has 0 aliphatic carbocycles. The highest BCUT2D eigenvalue weighted by molar-refractivity contribution is 14.1. The second-order valence-corrected chi connectivity index (χ2v) is 9.03. The van der Waals surface area contributed by atoms with E-state index in [4.69, 9.17) is 0 Å². The van der Waals surface area contributed by atoms with Gasteiger partial charge in [-0.1, -0.05) is 30.3 Å². The third-order valence-electron chi connectivity index (χ3n) is 4.79. The van der Waals surface area contributed by atoms with Gasteiger partial charge in [0.1, 0.15) is 16.8 Å². The van der Waals surface area contributed by atoms with Crippen molar-refractivity contribution in [3.8, 4) is 11.8 Å². The van der Waals surface area contributed by atoms with Crippen LogP contribution in [0.4, 0.5) is 5.00 Å². The Bertz CT molecular complexity index is 1070. The largest absolute Gasteiger partial charge is 0.507 e. The first-order chi connectivity index (χ1) is 13.6. The smallest absolute Gasteiger partial charge is 0.134 e. The Balaban J connectivity index is 1.57. The van der Waals surface area contributed by atoms with Gasteiger partial charge >= 0.3 is 0 Å². The van der Waals surface area contributed by atoms with Crippen molar-refractivity contribution in [1.82, 2.24) is 4.90 Å². The normalized spacial score (nSPS) is 14.1. The van der Waals surface area contributed by atoms with Crippen LogP contribution in [0, 0.1) is 14.9 Å². The minimum Gasteiger partial charge on any atom is -0.507 e. The molecule has 0 saturated carbocycles. The summed E-state index contributed by atoms with van der Waals surface area (Å²) in [4.78, 5) is 8.18. The first-order valence-corrected chi connectivity index (χ1v) is 10.9. The predicted molar refractivity (Wildman–Crippen MR) is 121 cm³/mol. The molecule has 4 rings (SSSR count). The number of rotatable bonds is 4. The number of aliphatic imine (C=N–C) groups is 1. The molecular formula is C22H18IN3OS. The molecule has 0 unspecified atom stereocenters. The maximum atomic E-state index is 10.0. The van der Waals surface area contributed by atoms with Gasteiger partial charge in [0, 0.05) is 39.9 Å². The van der Waals surface area contributed by atoms with Gasteiger partial charge in [0.25, 0.3) is 0 Å². The van der Waals surface area contributed by atoms with Gasteiger partial charge in [-0.15, -0.1) is 11.3 Å². The van der Waals surface area contributed by atoms with Gasteiger partial charge < -0.3 is 5.11 Å². The topological polar surface area (TPSA) is 59.6 Å². The number of hydrogen-bond donors (Lipinski definition) is 1. The Hall–Kier alpha value is -2.21. The highest BCUT2D eigenvalue weighted by Gasteiger charge is 2.24. The van der Waals surface area contributed by atoms with Crippen LogP contribution in [0.2, 0.25) is 0 Å². The van der Waals surface area contributed by atoms with E-state index in [1.54, 1.807) is 23.6 Å². The van der Waals surface area contributed by atoms with Crippen LogP contribution in [0.5, 0.6) is 5.75 Å². The molecule has 0 bridgehead atoms. The van der Waals surface area contributed by atoms with Crippen LogP contribution in [0.25, 0.3) is 0 Å². The summed E-state index contributed by atoms with van der Waals surface area (Å²) in [6, 6.07) is 18.2. The highest BCUT2D eigenvalue weighted by atomic mass is 127. The summed E-state index contributed by atoms with van der Waals surface area (Å²) in [5.74, 6) is 0.193. The average Bonchev–Trinajstić information content (AvgIpc) is 3.06. The van der Waals surface area contributed by atoms with Crippen molar-refractivity contribution in [1.29, 1.82) is 5.26 Å². The van der Waals surface area contributed by atoms with Crippen molar-refractivity contribution in [3.63, 3.8) is 0 Å². The van der Waals surface area contributed by atoms with E-state index in [0.717, 1.165) is 40.2 Å². The van der Waals surface area contributed by atoms with Crippen molar-refractivity contribution in [3.05, 3.63) is 79.2 Å². The molecule has 28 heavy (non-hydrogen) atoms. The van der Waals surface area contributed by atoms with E-state index in [9.17, 15) is 10.4 Å². The molecule has 2 aromatic carbocycles. The first-order valence-electron chi connectivity index (χ1n) is 8.97. The van der Waals surface area contributed by atoms with Gasteiger partial charge in [-0.3, -0.25) is 4.90 Å². The summed E-state index contributed by atoms with van der Waals surface area (Å²) in [7, 11) is 0. The molecule has 0 saturated heterocycles. The lowest BCUT2D eigenvalue weighted by atomic mass is 10.0. The van der Waals surface area contributed by atoms with Gasteiger partial charge in [0.05, 0.1) is 5.56 Å². The molecule has 0 amide bonds. The third kappa shape index (κ3) is 4.12. The number of phenols is 1. The number of fused-ring (bicyclic) bond motifs is 1. The molecule has 0 radical (unpaired) electrons. The van der Waals surface area contributed by atoms with Crippen LogP contribution in [0.3, 0.4) is 0 Å². The Labute approximate surface area is 181 Å². The number of phenolic OH excluding ortho intramolecular Hbond substituents is 1. The van der Waals surface area contributed by atoms with E-state index in [-0.39, 0.29) is 5.75 Å². The molecular weight excluding hydrogens is 481 g/mol. The summed E-state index contributed by atoms with van der Waals surface area (Å²) in [5.41, 5.74) is 3.78.